The molecule has 1 saturated carbocycles. The van der Waals surface area contributed by atoms with E-state index in [1.165, 1.54) is 12.8 Å². The molecular formula is C17H21N3O. The fraction of sp³-hybridized carbons (Fsp3) is 0.412. The average molecular weight is 283 g/mol. The minimum atomic E-state index is 0.601. The van der Waals surface area contributed by atoms with Crippen molar-refractivity contribution in [3.63, 3.8) is 0 Å². The van der Waals surface area contributed by atoms with Gasteiger partial charge < -0.3 is 10.1 Å². The van der Waals surface area contributed by atoms with Gasteiger partial charge in [0, 0.05) is 24.2 Å². The van der Waals surface area contributed by atoms with E-state index in [-0.39, 0.29) is 0 Å². The van der Waals surface area contributed by atoms with E-state index in [2.05, 4.69) is 23.3 Å². The first-order valence-electron chi connectivity index (χ1n) is 7.58. The molecule has 0 radical (unpaired) electrons. The molecule has 110 valence electrons. The van der Waals surface area contributed by atoms with Crippen LogP contribution in [0, 0.1) is 0 Å². The van der Waals surface area contributed by atoms with Crippen molar-refractivity contribution in [1.82, 2.24) is 9.97 Å². The topological polar surface area (TPSA) is 47.0 Å². The molecule has 0 saturated heterocycles. The van der Waals surface area contributed by atoms with Crippen LogP contribution in [0.4, 0.5) is 5.82 Å². The molecule has 1 fully saturated rings. The van der Waals surface area contributed by atoms with Gasteiger partial charge in [0.25, 0.3) is 0 Å². The van der Waals surface area contributed by atoms with Gasteiger partial charge in [-0.2, -0.15) is 0 Å². The summed E-state index contributed by atoms with van der Waals surface area (Å²) in [4.78, 5) is 9.41. The summed E-state index contributed by atoms with van der Waals surface area (Å²) < 4.78 is 5.44. The van der Waals surface area contributed by atoms with Crippen LogP contribution in [0.2, 0.25) is 0 Å². The zero-order chi connectivity index (χ0) is 14.7. The van der Waals surface area contributed by atoms with E-state index in [0.29, 0.717) is 5.92 Å². The van der Waals surface area contributed by atoms with Crippen LogP contribution in [0.1, 0.15) is 37.8 Å². The highest BCUT2D eigenvalue weighted by atomic mass is 16.5. The first-order valence-corrected chi connectivity index (χ1v) is 7.58. The minimum absolute atomic E-state index is 0.601. The van der Waals surface area contributed by atoms with E-state index in [1.54, 1.807) is 7.11 Å². The van der Waals surface area contributed by atoms with Gasteiger partial charge in [-0.15, -0.1) is 0 Å². The molecule has 0 aliphatic heterocycles. The molecule has 4 nitrogen and oxygen atoms in total. The van der Waals surface area contributed by atoms with Gasteiger partial charge in [-0.1, -0.05) is 19.1 Å². The Balaban J connectivity index is 2.01. The van der Waals surface area contributed by atoms with Crippen LogP contribution in [0.15, 0.2) is 30.3 Å². The van der Waals surface area contributed by atoms with Crippen molar-refractivity contribution in [2.24, 2.45) is 0 Å². The third-order valence-electron chi connectivity index (χ3n) is 3.65. The molecule has 4 heteroatoms. The number of anilines is 1. The maximum absolute atomic E-state index is 5.44. The first kappa shape index (κ1) is 13.9. The number of ether oxygens (including phenoxy) is 1. The first-order chi connectivity index (χ1) is 10.3. The van der Waals surface area contributed by atoms with Gasteiger partial charge in [0.15, 0.2) is 5.82 Å². The predicted molar refractivity (Wildman–Crippen MR) is 84.8 cm³/mol. The molecule has 1 N–H and O–H groups in total. The van der Waals surface area contributed by atoms with Gasteiger partial charge in [0.1, 0.15) is 11.6 Å². The zero-order valence-electron chi connectivity index (χ0n) is 12.6. The fourth-order valence-electron chi connectivity index (χ4n) is 2.35. The van der Waals surface area contributed by atoms with Crippen molar-refractivity contribution in [2.45, 2.75) is 32.1 Å². The van der Waals surface area contributed by atoms with E-state index in [4.69, 9.17) is 9.72 Å². The van der Waals surface area contributed by atoms with E-state index in [1.807, 2.05) is 24.3 Å². The Labute approximate surface area is 125 Å². The Kier molecular flexibility index (Phi) is 4.04. The van der Waals surface area contributed by atoms with Gasteiger partial charge in [0.2, 0.25) is 0 Å². The number of hydrogen-bond acceptors (Lipinski definition) is 4. The van der Waals surface area contributed by atoms with Gasteiger partial charge in [0.05, 0.1) is 12.7 Å². The molecule has 0 atom stereocenters. The summed E-state index contributed by atoms with van der Waals surface area (Å²) in [7, 11) is 1.68. The number of rotatable bonds is 6. The number of methoxy groups -OCH3 is 1. The lowest BCUT2D eigenvalue weighted by Gasteiger charge is -2.11. The van der Waals surface area contributed by atoms with E-state index >= 15 is 0 Å². The molecule has 1 aromatic carbocycles. The Morgan fingerprint density at radius 2 is 2.05 bits per heavy atom. The Hall–Kier alpha value is -2.10. The second-order valence-corrected chi connectivity index (χ2v) is 5.40. The lowest BCUT2D eigenvalue weighted by molar-refractivity contribution is 0.416. The van der Waals surface area contributed by atoms with Crippen molar-refractivity contribution in [3.05, 3.63) is 36.0 Å². The van der Waals surface area contributed by atoms with Crippen LogP contribution in [-0.4, -0.2) is 23.6 Å². The summed E-state index contributed by atoms with van der Waals surface area (Å²) in [6.07, 6.45) is 3.54. The molecule has 21 heavy (non-hydrogen) atoms. The smallest absolute Gasteiger partial charge is 0.165 e. The van der Waals surface area contributed by atoms with Crippen molar-refractivity contribution >= 4 is 5.82 Å². The lowest BCUT2D eigenvalue weighted by Crippen LogP contribution is -2.05. The van der Waals surface area contributed by atoms with Gasteiger partial charge in [-0.05, 0) is 31.4 Å². The largest absolute Gasteiger partial charge is 0.496 e. The molecule has 0 bridgehead atoms. The number of hydrogen-bond donors (Lipinski definition) is 1. The Morgan fingerprint density at radius 1 is 1.24 bits per heavy atom. The highest BCUT2D eigenvalue weighted by Crippen LogP contribution is 2.40. The standard InChI is InChI=1S/C17H21N3O/c1-3-10-18-16-11-14(12-8-9-12)19-17(20-16)13-6-4-5-7-15(13)21-2/h4-7,11-12H,3,8-10H2,1-2H3,(H,18,19,20). The third-order valence-corrected chi connectivity index (χ3v) is 3.65. The van der Waals surface area contributed by atoms with Crippen LogP contribution >= 0.6 is 0 Å². The molecule has 0 amide bonds. The minimum Gasteiger partial charge on any atom is -0.496 e. The maximum Gasteiger partial charge on any atom is 0.165 e. The van der Waals surface area contributed by atoms with Crippen molar-refractivity contribution < 1.29 is 4.74 Å². The summed E-state index contributed by atoms with van der Waals surface area (Å²) in [5, 5.41) is 3.37. The van der Waals surface area contributed by atoms with E-state index in [0.717, 1.165) is 41.6 Å². The van der Waals surface area contributed by atoms with Crippen molar-refractivity contribution in [2.75, 3.05) is 19.0 Å². The Bertz CT molecular complexity index is 623. The van der Waals surface area contributed by atoms with Gasteiger partial charge >= 0.3 is 0 Å². The molecular weight excluding hydrogens is 262 g/mol. The van der Waals surface area contributed by atoms with Crippen LogP contribution < -0.4 is 10.1 Å². The Morgan fingerprint density at radius 3 is 2.76 bits per heavy atom. The maximum atomic E-state index is 5.44. The molecule has 1 heterocycles. The summed E-state index contributed by atoms with van der Waals surface area (Å²) in [6, 6.07) is 10.00. The molecule has 2 aromatic rings. The van der Waals surface area contributed by atoms with Crippen LogP contribution in [-0.2, 0) is 0 Å². The monoisotopic (exact) mass is 283 g/mol. The summed E-state index contributed by atoms with van der Waals surface area (Å²) >= 11 is 0. The number of para-hydroxylation sites is 1. The zero-order valence-corrected chi connectivity index (χ0v) is 12.6. The van der Waals surface area contributed by atoms with Crippen LogP contribution in [0.5, 0.6) is 5.75 Å². The number of benzene rings is 1. The number of nitrogens with zero attached hydrogens (tertiary/aromatic N) is 2. The number of nitrogens with one attached hydrogen (secondary N) is 1. The normalized spacial score (nSPS) is 14.0. The molecule has 1 aliphatic carbocycles. The second-order valence-electron chi connectivity index (χ2n) is 5.40. The SMILES string of the molecule is CCCNc1cc(C2CC2)nc(-c2ccccc2OC)n1. The predicted octanol–water partition coefficient (Wildman–Crippen LogP) is 3.85. The summed E-state index contributed by atoms with van der Waals surface area (Å²) in [6.45, 7) is 3.07. The number of aromatic nitrogens is 2. The van der Waals surface area contributed by atoms with Crippen molar-refractivity contribution in [1.29, 1.82) is 0 Å². The highest BCUT2D eigenvalue weighted by Gasteiger charge is 2.26. The third kappa shape index (κ3) is 3.15. The molecule has 0 spiro atoms. The lowest BCUT2D eigenvalue weighted by atomic mass is 10.1. The summed E-state index contributed by atoms with van der Waals surface area (Å²) in [5.41, 5.74) is 2.09. The second kappa shape index (κ2) is 6.12. The molecule has 1 aliphatic rings. The molecule has 3 rings (SSSR count). The molecule has 0 unspecified atom stereocenters. The van der Waals surface area contributed by atoms with E-state index in [9.17, 15) is 0 Å². The van der Waals surface area contributed by atoms with Gasteiger partial charge in [-0.25, -0.2) is 9.97 Å². The van der Waals surface area contributed by atoms with Gasteiger partial charge in [-0.3, -0.25) is 0 Å². The molecule has 1 aromatic heterocycles. The quantitative estimate of drug-likeness (QED) is 0.874. The van der Waals surface area contributed by atoms with Crippen LogP contribution in [0.25, 0.3) is 11.4 Å². The summed E-state index contributed by atoms with van der Waals surface area (Å²) in [5.74, 6) is 3.07. The van der Waals surface area contributed by atoms with E-state index < -0.39 is 0 Å². The van der Waals surface area contributed by atoms with Crippen molar-refractivity contribution in [3.8, 4) is 17.1 Å². The average Bonchev–Trinajstić information content (AvgIpc) is 3.37. The fourth-order valence-corrected chi connectivity index (χ4v) is 2.35. The van der Waals surface area contributed by atoms with Crippen LogP contribution in [0.3, 0.4) is 0 Å². The highest BCUT2D eigenvalue weighted by molar-refractivity contribution is 5.65.